The van der Waals surface area contributed by atoms with Gasteiger partial charge in [-0.2, -0.15) is 0 Å². The van der Waals surface area contributed by atoms with Crippen molar-refractivity contribution in [2.45, 2.75) is 25.3 Å². The average molecular weight is 519 g/mol. The van der Waals surface area contributed by atoms with Crippen LogP contribution >= 0.6 is 24.0 Å². The van der Waals surface area contributed by atoms with E-state index in [1.807, 2.05) is 32.3 Å². The lowest BCUT2D eigenvalue weighted by atomic mass is 10.2. The Morgan fingerprint density at radius 3 is 2.62 bits per heavy atom. The number of aliphatic imine (C=N–C) groups is 1. The largest absolute Gasteiger partial charge is 0.493 e. The Bertz CT molecular complexity index is 684. The third kappa shape index (κ3) is 7.22. The number of amides is 1. The van der Waals surface area contributed by atoms with Crippen LogP contribution in [-0.4, -0.2) is 82.7 Å². The quantitative estimate of drug-likeness (QED) is 0.238. The van der Waals surface area contributed by atoms with Gasteiger partial charge in [0.25, 0.3) is 0 Å². The van der Waals surface area contributed by atoms with Crippen molar-refractivity contribution < 1.29 is 14.3 Å². The van der Waals surface area contributed by atoms with Crippen molar-refractivity contribution in [1.82, 2.24) is 15.1 Å². The Hall–Kier alpha value is -1.75. The Morgan fingerprint density at radius 2 is 2.00 bits per heavy atom. The van der Waals surface area contributed by atoms with Gasteiger partial charge in [0, 0.05) is 46.0 Å². The zero-order valence-corrected chi connectivity index (χ0v) is 20.4. The van der Waals surface area contributed by atoms with Gasteiger partial charge in [-0.25, -0.2) is 0 Å². The number of likely N-dealkylation sites (N-methyl/N-ethyl adjacent to an activating group) is 1. The second-order valence-electron chi connectivity index (χ2n) is 6.97. The summed E-state index contributed by atoms with van der Waals surface area (Å²) in [6.45, 7) is 2.65. The van der Waals surface area contributed by atoms with Crippen molar-refractivity contribution in [2.24, 2.45) is 4.99 Å². The first-order chi connectivity index (χ1) is 13.5. The first kappa shape index (κ1) is 25.3. The zero-order valence-electron chi connectivity index (χ0n) is 18.0. The fraction of sp³-hybridized carbons (Fsp3) is 0.600. The molecule has 1 aromatic rings. The summed E-state index contributed by atoms with van der Waals surface area (Å²) in [6, 6.07) is 5.66. The van der Waals surface area contributed by atoms with Gasteiger partial charge in [-0.05, 0) is 37.9 Å². The molecule has 1 unspecified atom stereocenters. The number of ether oxygens (including phenoxy) is 2. The number of hydrogen-bond donors (Lipinski definition) is 2. The number of anilines is 1. The lowest BCUT2D eigenvalue weighted by molar-refractivity contribution is -0.133. The number of hydrogen-bond acceptors (Lipinski definition) is 5. The van der Waals surface area contributed by atoms with E-state index in [0.717, 1.165) is 44.6 Å². The molecule has 1 saturated heterocycles. The number of likely N-dealkylation sites (tertiary alicyclic amines) is 1. The molecule has 29 heavy (non-hydrogen) atoms. The van der Waals surface area contributed by atoms with Gasteiger partial charge in [-0.15, -0.1) is 24.0 Å². The molecule has 0 spiro atoms. The Labute approximate surface area is 191 Å². The van der Waals surface area contributed by atoms with E-state index < -0.39 is 0 Å². The highest BCUT2D eigenvalue weighted by atomic mass is 127. The second-order valence-corrected chi connectivity index (χ2v) is 6.97. The third-order valence-electron chi connectivity index (χ3n) is 4.87. The molecule has 0 aromatic heterocycles. The van der Waals surface area contributed by atoms with E-state index >= 15 is 0 Å². The lowest BCUT2D eigenvalue weighted by Crippen LogP contribution is -2.43. The molecule has 1 heterocycles. The highest BCUT2D eigenvalue weighted by Crippen LogP contribution is 2.29. The van der Waals surface area contributed by atoms with Crippen molar-refractivity contribution in [1.29, 1.82) is 0 Å². The van der Waals surface area contributed by atoms with Gasteiger partial charge < -0.3 is 25.0 Å². The van der Waals surface area contributed by atoms with Crippen LogP contribution in [-0.2, 0) is 4.79 Å². The summed E-state index contributed by atoms with van der Waals surface area (Å²) >= 11 is 0. The van der Waals surface area contributed by atoms with Crippen LogP contribution in [0.4, 0.5) is 5.69 Å². The SMILES string of the molecule is CN=C(NCCCN1CCCC1C(=O)N(C)C)Nc1ccc(OC)c(OC)c1.I. The van der Waals surface area contributed by atoms with Crippen molar-refractivity contribution in [3.05, 3.63) is 18.2 Å². The molecule has 0 saturated carbocycles. The van der Waals surface area contributed by atoms with Crippen LogP contribution in [0.15, 0.2) is 23.2 Å². The summed E-state index contributed by atoms with van der Waals surface area (Å²) in [5.41, 5.74) is 0.863. The number of halogens is 1. The number of carbonyl (C=O) groups excluding carboxylic acids is 1. The predicted octanol–water partition coefficient (Wildman–Crippen LogP) is 2.25. The van der Waals surface area contributed by atoms with Crippen molar-refractivity contribution in [2.75, 3.05) is 60.3 Å². The van der Waals surface area contributed by atoms with Gasteiger partial charge in [-0.3, -0.25) is 14.7 Å². The number of guanidine groups is 1. The summed E-state index contributed by atoms with van der Waals surface area (Å²) in [6.07, 6.45) is 2.97. The minimum Gasteiger partial charge on any atom is -0.493 e. The van der Waals surface area contributed by atoms with E-state index in [0.29, 0.717) is 17.5 Å². The third-order valence-corrected chi connectivity index (χ3v) is 4.87. The van der Waals surface area contributed by atoms with Crippen LogP contribution in [0.3, 0.4) is 0 Å². The second kappa shape index (κ2) is 12.7. The van der Waals surface area contributed by atoms with E-state index in [9.17, 15) is 4.79 Å². The van der Waals surface area contributed by atoms with Gasteiger partial charge in [-0.1, -0.05) is 0 Å². The maximum atomic E-state index is 12.3. The minimum absolute atomic E-state index is 0. The normalized spacial score (nSPS) is 16.7. The number of carbonyl (C=O) groups is 1. The summed E-state index contributed by atoms with van der Waals surface area (Å²) in [7, 11) is 8.61. The van der Waals surface area contributed by atoms with Crippen molar-refractivity contribution in [3.63, 3.8) is 0 Å². The van der Waals surface area contributed by atoms with Gasteiger partial charge in [0.1, 0.15) is 0 Å². The molecule has 1 aromatic carbocycles. The van der Waals surface area contributed by atoms with Gasteiger partial charge >= 0.3 is 0 Å². The average Bonchev–Trinajstić information content (AvgIpc) is 3.17. The minimum atomic E-state index is 0. The topological polar surface area (TPSA) is 78.4 Å². The number of rotatable bonds is 8. The molecule has 2 rings (SSSR count). The first-order valence-electron chi connectivity index (χ1n) is 9.65. The zero-order chi connectivity index (χ0) is 20.5. The Kier molecular flexibility index (Phi) is 11.1. The molecule has 0 bridgehead atoms. The maximum absolute atomic E-state index is 12.3. The smallest absolute Gasteiger partial charge is 0.239 e. The summed E-state index contributed by atoms with van der Waals surface area (Å²) in [5, 5.41) is 6.57. The van der Waals surface area contributed by atoms with Crippen molar-refractivity contribution in [3.8, 4) is 11.5 Å². The van der Waals surface area contributed by atoms with Crippen LogP contribution in [0, 0.1) is 0 Å². The predicted molar refractivity (Wildman–Crippen MR) is 128 cm³/mol. The lowest BCUT2D eigenvalue weighted by Gasteiger charge is -2.26. The van der Waals surface area contributed by atoms with E-state index in [-0.39, 0.29) is 35.9 Å². The fourth-order valence-electron chi connectivity index (χ4n) is 3.39. The molecule has 0 radical (unpaired) electrons. The van der Waals surface area contributed by atoms with Crippen molar-refractivity contribution >= 4 is 41.5 Å². The molecule has 2 N–H and O–H groups in total. The standard InChI is InChI=1S/C20H33N5O3.HI/c1-21-20(23-15-9-10-17(27-4)18(14-15)28-5)22-11-7-13-25-12-6-8-16(25)19(26)24(2)3;/h9-10,14,16H,6-8,11-13H2,1-5H3,(H2,21,22,23);1H. The molecule has 0 aliphatic carbocycles. The first-order valence-corrected chi connectivity index (χ1v) is 9.65. The van der Waals surface area contributed by atoms with E-state index in [1.165, 1.54) is 0 Å². The highest BCUT2D eigenvalue weighted by Gasteiger charge is 2.30. The highest BCUT2D eigenvalue weighted by molar-refractivity contribution is 14.0. The molecule has 164 valence electrons. The Morgan fingerprint density at radius 1 is 1.28 bits per heavy atom. The molecule has 1 aliphatic heterocycles. The van der Waals surface area contributed by atoms with E-state index in [2.05, 4.69) is 20.5 Å². The molecule has 1 aliphatic rings. The molecule has 8 nitrogen and oxygen atoms in total. The monoisotopic (exact) mass is 519 g/mol. The van der Waals surface area contributed by atoms with Crippen LogP contribution in [0.25, 0.3) is 0 Å². The van der Waals surface area contributed by atoms with Crippen LogP contribution in [0.2, 0.25) is 0 Å². The van der Waals surface area contributed by atoms with E-state index in [1.54, 1.807) is 26.2 Å². The fourth-order valence-corrected chi connectivity index (χ4v) is 3.39. The molecule has 1 atom stereocenters. The summed E-state index contributed by atoms with van der Waals surface area (Å²) < 4.78 is 10.6. The van der Waals surface area contributed by atoms with Gasteiger partial charge in [0.05, 0.1) is 20.3 Å². The number of nitrogens with zero attached hydrogens (tertiary/aromatic N) is 3. The number of nitrogens with one attached hydrogen (secondary N) is 2. The summed E-state index contributed by atoms with van der Waals surface area (Å²) in [4.78, 5) is 20.5. The number of benzene rings is 1. The van der Waals surface area contributed by atoms with Crippen LogP contribution in [0.5, 0.6) is 11.5 Å². The van der Waals surface area contributed by atoms with Gasteiger partial charge in [0.15, 0.2) is 17.5 Å². The molecular formula is C20H34IN5O3. The van der Waals surface area contributed by atoms with Gasteiger partial charge in [0.2, 0.25) is 5.91 Å². The maximum Gasteiger partial charge on any atom is 0.239 e. The molecular weight excluding hydrogens is 485 g/mol. The number of methoxy groups -OCH3 is 2. The van der Waals surface area contributed by atoms with Crippen LogP contribution in [0.1, 0.15) is 19.3 Å². The molecule has 9 heteroatoms. The summed E-state index contributed by atoms with van der Waals surface area (Å²) in [5.74, 6) is 2.24. The van der Waals surface area contributed by atoms with E-state index in [4.69, 9.17) is 9.47 Å². The Balaban J connectivity index is 0.00000420. The molecule has 1 amide bonds. The molecule has 1 fully saturated rings. The van der Waals surface area contributed by atoms with Crippen LogP contribution < -0.4 is 20.1 Å².